The maximum absolute atomic E-state index is 14.0. The summed E-state index contributed by atoms with van der Waals surface area (Å²) in [6.45, 7) is 0.143. The smallest absolute Gasteiger partial charge is 0.373 e. The predicted molar refractivity (Wildman–Crippen MR) is 114 cm³/mol. The van der Waals surface area contributed by atoms with Gasteiger partial charge in [0.05, 0.1) is 19.9 Å². The number of benzene rings is 2. The number of rotatable bonds is 4. The van der Waals surface area contributed by atoms with E-state index in [2.05, 4.69) is 10.3 Å². The average Bonchev–Trinajstić information content (AvgIpc) is 3.36. The van der Waals surface area contributed by atoms with E-state index < -0.39 is 47.2 Å². The number of methoxy groups -OCH3 is 1. The maximum atomic E-state index is 14.0. The lowest BCUT2D eigenvalue weighted by atomic mass is 10.00. The van der Waals surface area contributed by atoms with Crippen molar-refractivity contribution in [1.29, 1.82) is 0 Å². The summed E-state index contributed by atoms with van der Waals surface area (Å²) in [7, 11) is 1.24. The molecule has 3 aromatic rings. The third kappa shape index (κ3) is 4.15. The summed E-state index contributed by atoms with van der Waals surface area (Å²) in [6, 6.07) is 10.8. The largest absolute Gasteiger partial charge is 0.478 e. The van der Waals surface area contributed by atoms with Gasteiger partial charge in [0.25, 0.3) is 0 Å². The summed E-state index contributed by atoms with van der Waals surface area (Å²) < 4.78 is 52.0. The van der Waals surface area contributed by atoms with Crippen LogP contribution in [0.1, 0.15) is 17.9 Å². The number of ether oxygens (including phenoxy) is 4. The van der Waals surface area contributed by atoms with E-state index in [1.165, 1.54) is 24.1 Å². The Bertz CT molecular complexity index is 1230. The van der Waals surface area contributed by atoms with Crippen molar-refractivity contribution in [3.63, 3.8) is 0 Å². The summed E-state index contributed by atoms with van der Waals surface area (Å²) in [5, 5.41) is 7.56. The molecule has 2 aliphatic rings. The molecule has 5 rings (SSSR count). The molecule has 1 aromatic heterocycles. The van der Waals surface area contributed by atoms with Crippen LogP contribution in [0.5, 0.6) is 0 Å². The van der Waals surface area contributed by atoms with E-state index in [4.69, 9.17) is 30.5 Å². The SMILES string of the molecule is COC(=O)C1=C[C@@H](n2cc(-c3cc(F)c(Cl)c(F)c3)nn2)[C@H]2OC(c3ccccc3)OC[C@H]2O1. The van der Waals surface area contributed by atoms with Crippen LogP contribution in [0.15, 0.2) is 60.5 Å². The van der Waals surface area contributed by atoms with Crippen molar-refractivity contribution in [2.45, 2.75) is 24.5 Å². The topological polar surface area (TPSA) is 84.7 Å². The van der Waals surface area contributed by atoms with E-state index in [1.807, 2.05) is 30.3 Å². The Hall–Kier alpha value is -3.34. The number of esters is 1. The first-order chi connectivity index (χ1) is 16.4. The third-order valence-electron chi connectivity index (χ3n) is 5.55. The van der Waals surface area contributed by atoms with Gasteiger partial charge < -0.3 is 18.9 Å². The van der Waals surface area contributed by atoms with E-state index in [0.717, 1.165) is 17.7 Å². The van der Waals surface area contributed by atoms with E-state index in [1.54, 1.807) is 0 Å². The Morgan fingerprint density at radius 2 is 1.94 bits per heavy atom. The van der Waals surface area contributed by atoms with E-state index in [0.29, 0.717) is 0 Å². The van der Waals surface area contributed by atoms with Crippen LogP contribution in [-0.4, -0.2) is 46.9 Å². The van der Waals surface area contributed by atoms with Crippen LogP contribution in [0.25, 0.3) is 11.3 Å². The molecule has 0 N–H and O–H groups in total. The summed E-state index contributed by atoms with van der Waals surface area (Å²) >= 11 is 5.58. The molecule has 176 valence electrons. The Kier molecular flexibility index (Phi) is 6.03. The van der Waals surface area contributed by atoms with Crippen molar-refractivity contribution in [2.24, 2.45) is 0 Å². The van der Waals surface area contributed by atoms with E-state index >= 15 is 0 Å². The quantitative estimate of drug-likeness (QED) is 0.404. The highest BCUT2D eigenvalue weighted by atomic mass is 35.5. The van der Waals surface area contributed by atoms with Crippen molar-refractivity contribution < 1.29 is 32.5 Å². The number of carbonyl (C=O) groups is 1. The second-order valence-electron chi connectivity index (χ2n) is 7.68. The molecule has 1 fully saturated rings. The molecule has 0 bridgehead atoms. The summed E-state index contributed by atoms with van der Waals surface area (Å²) in [5.74, 6) is -2.53. The van der Waals surface area contributed by atoms with Gasteiger partial charge in [-0.15, -0.1) is 5.10 Å². The Balaban J connectivity index is 1.50. The minimum absolute atomic E-state index is 0.0280. The second-order valence-corrected chi connectivity index (χ2v) is 8.06. The number of aromatic nitrogens is 3. The van der Waals surface area contributed by atoms with Gasteiger partial charge in [0.1, 0.15) is 34.5 Å². The van der Waals surface area contributed by atoms with Crippen molar-refractivity contribution in [2.75, 3.05) is 13.7 Å². The molecule has 0 aliphatic carbocycles. The highest BCUT2D eigenvalue weighted by Crippen LogP contribution is 2.38. The summed E-state index contributed by atoms with van der Waals surface area (Å²) in [6.07, 6.45) is 1.10. The van der Waals surface area contributed by atoms with Crippen LogP contribution in [0, 0.1) is 11.6 Å². The second kappa shape index (κ2) is 9.13. The fourth-order valence-electron chi connectivity index (χ4n) is 3.89. The van der Waals surface area contributed by atoms with Crippen LogP contribution < -0.4 is 0 Å². The molecule has 0 amide bonds. The fourth-order valence-corrected chi connectivity index (χ4v) is 4.00. The molecule has 0 radical (unpaired) electrons. The van der Waals surface area contributed by atoms with Crippen molar-refractivity contribution >= 4 is 17.6 Å². The fraction of sp³-hybridized carbons (Fsp3) is 0.261. The first kappa shape index (κ1) is 22.5. The Morgan fingerprint density at radius 1 is 1.21 bits per heavy atom. The minimum Gasteiger partial charge on any atom is -0.478 e. The van der Waals surface area contributed by atoms with Gasteiger partial charge in [-0.1, -0.05) is 47.1 Å². The normalized spacial score (nSPS) is 24.1. The van der Waals surface area contributed by atoms with Crippen molar-refractivity contribution in [1.82, 2.24) is 15.0 Å². The molecular formula is C23H18ClF2N3O5. The van der Waals surface area contributed by atoms with Gasteiger partial charge in [-0.3, -0.25) is 0 Å². The first-order valence-corrected chi connectivity index (χ1v) is 10.7. The molecule has 2 aliphatic heterocycles. The van der Waals surface area contributed by atoms with E-state index in [9.17, 15) is 13.6 Å². The molecule has 11 heteroatoms. The highest BCUT2D eigenvalue weighted by Gasteiger charge is 2.44. The number of hydrogen-bond donors (Lipinski definition) is 0. The zero-order chi connectivity index (χ0) is 23.8. The van der Waals surface area contributed by atoms with Crippen LogP contribution in [0.2, 0.25) is 5.02 Å². The zero-order valence-corrected chi connectivity index (χ0v) is 18.5. The number of fused-ring (bicyclic) bond motifs is 1. The number of hydrogen-bond acceptors (Lipinski definition) is 7. The molecule has 4 atom stereocenters. The van der Waals surface area contributed by atoms with Gasteiger partial charge in [-0.05, 0) is 18.2 Å². The summed E-state index contributed by atoms with van der Waals surface area (Å²) in [4.78, 5) is 12.2. The molecular weight excluding hydrogens is 472 g/mol. The molecule has 0 spiro atoms. The maximum Gasteiger partial charge on any atom is 0.373 e. The number of nitrogens with zero attached hydrogens (tertiary/aromatic N) is 3. The van der Waals surface area contributed by atoms with E-state index in [-0.39, 0.29) is 23.6 Å². The van der Waals surface area contributed by atoms with Gasteiger partial charge in [-0.25, -0.2) is 18.3 Å². The number of halogens is 3. The van der Waals surface area contributed by atoms with Gasteiger partial charge >= 0.3 is 5.97 Å². The van der Waals surface area contributed by atoms with Crippen molar-refractivity contribution in [3.8, 4) is 11.3 Å². The highest BCUT2D eigenvalue weighted by molar-refractivity contribution is 6.31. The lowest BCUT2D eigenvalue weighted by Crippen LogP contribution is -2.49. The molecule has 34 heavy (non-hydrogen) atoms. The lowest BCUT2D eigenvalue weighted by Gasteiger charge is -2.42. The van der Waals surface area contributed by atoms with Gasteiger partial charge in [0.15, 0.2) is 12.4 Å². The van der Waals surface area contributed by atoms with Crippen LogP contribution >= 0.6 is 11.6 Å². The van der Waals surface area contributed by atoms with Crippen LogP contribution in [0.3, 0.4) is 0 Å². The molecule has 1 saturated heterocycles. The molecule has 3 heterocycles. The Morgan fingerprint density at radius 3 is 2.65 bits per heavy atom. The van der Waals surface area contributed by atoms with Gasteiger partial charge in [-0.2, -0.15) is 0 Å². The van der Waals surface area contributed by atoms with Gasteiger partial charge in [0, 0.05) is 11.1 Å². The molecule has 8 nitrogen and oxygen atoms in total. The predicted octanol–water partition coefficient (Wildman–Crippen LogP) is 3.99. The zero-order valence-electron chi connectivity index (χ0n) is 17.7. The summed E-state index contributed by atoms with van der Waals surface area (Å²) in [5.41, 5.74) is 1.17. The number of carbonyl (C=O) groups excluding carboxylic acids is 1. The standard InChI is InChI=1S/C23H18ClF2N3O5/c1-31-22(30)18-9-17(21-19(33-18)11-32-23(34-21)12-5-3-2-4-6-12)29-10-16(27-28-29)13-7-14(25)20(24)15(26)8-13/h2-10,17,19,21,23H,11H2,1H3/t17-,19-,21-,23?/m1/s1. The minimum atomic E-state index is -0.913. The third-order valence-corrected chi connectivity index (χ3v) is 5.91. The lowest BCUT2D eigenvalue weighted by molar-refractivity contribution is -0.271. The monoisotopic (exact) mass is 489 g/mol. The molecule has 2 aromatic carbocycles. The molecule has 0 saturated carbocycles. The molecule has 1 unspecified atom stereocenters. The first-order valence-electron chi connectivity index (χ1n) is 10.3. The van der Waals surface area contributed by atoms with Crippen LogP contribution in [0.4, 0.5) is 8.78 Å². The average molecular weight is 490 g/mol. The van der Waals surface area contributed by atoms with Crippen LogP contribution in [-0.2, 0) is 23.7 Å². The van der Waals surface area contributed by atoms with Crippen molar-refractivity contribution in [3.05, 3.63) is 82.7 Å². The Labute approximate surface area is 197 Å². The van der Waals surface area contributed by atoms with Gasteiger partial charge in [0.2, 0.25) is 5.76 Å².